The summed E-state index contributed by atoms with van der Waals surface area (Å²) in [7, 11) is -2.94. The fourth-order valence-corrected chi connectivity index (χ4v) is 4.48. The van der Waals surface area contributed by atoms with E-state index in [0.717, 1.165) is 6.42 Å². The van der Waals surface area contributed by atoms with E-state index in [2.05, 4.69) is 31.2 Å². The Morgan fingerprint density at radius 2 is 2.37 bits per heavy atom. The molecule has 1 fully saturated rings. The molecular weight excluding hydrogens is 332 g/mol. The zero-order valence-electron chi connectivity index (χ0n) is 10.1. The quantitative estimate of drug-likeness (QED) is 0.912. The summed E-state index contributed by atoms with van der Waals surface area (Å²) in [6, 6.07) is 0. The largest absolute Gasteiger partial charge is 0.366 e. The molecule has 2 aromatic rings. The number of rotatable bonds is 3. The summed E-state index contributed by atoms with van der Waals surface area (Å²) < 4.78 is 26.1. The smallest absolute Gasteiger partial charge is 0.180 e. The Kier molecular flexibility index (Phi) is 3.22. The molecule has 8 heteroatoms. The van der Waals surface area contributed by atoms with Gasteiger partial charge in [-0.25, -0.2) is 18.4 Å². The summed E-state index contributed by atoms with van der Waals surface area (Å²) in [6.07, 6.45) is 6.77. The number of anilines is 1. The molecule has 0 spiro atoms. The van der Waals surface area contributed by atoms with Crippen LogP contribution in [0.2, 0.25) is 0 Å². The van der Waals surface area contributed by atoms with Gasteiger partial charge >= 0.3 is 0 Å². The topological polar surface area (TPSA) is 76.4 Å². The minimum absolute atomic E-state index is 0.296. The van der Waals surface area contributed by atoms with Crippen LogP contribution in [0.4, 0.5) is 5.82 Å². The maximum absolute atomic E-state index is 11.8. The Balaban J connectivity index is 1.84. The van der Waals surface area contributed by atoms with Gasteiger partial charge in [0, 0.05) is 25.1 Å². The summed E-state index contributed by atoms with van der Waals surface area (Å²) in [4.78, 5) is 8.52. The molecule has 2 aromatic heterocycles. The predicted molar refractivity (Wildman–Crippen MR) is 76.0 cm³/mol. The van der Waals surface area contributed by atoms with Crippen molar-refractivity contribution in [2.24, 2.45) is 0 Å². The van der Waals surface area contributed by atoms with Crippen molar-refractivity contribution in [2.45, 2.75) is 18.1 Å². The van der Waals surface area contributed by atoms with Gasteiger partial charge in [-0.15, -0.1) is 0 Å². The molecule has 0 bridgehead atoms. The summed E-state index contributed by atoms with van der Waals surface area (Å²) in [5.41, 5.74) is 0.693. The fourth-order valence-electron chi connectivity index (χ4n) is 2.32. The zero-order chi connectivity index (χ0) is 13.5. The van der Waals surface area contributed by atoms with E-state index in [1.165, 1.54) is 0 Å². The molecule has 6 nitrogen and oxygen atoms in total. The second kappa shape index (κ2) is 4.75. The Labute approximate surface area is 119 Å². The molecule has 1 aliphatic rings. The van der Waals surface area contributed by atoms with Crippen molar-refractivity contribution in [1.82, 2.24) is 14.4 Å². The lowest BCUT2D eigenvalue weighted by molar-refractivity contribution is 0.591. The Morgan fingerprint density at radius 1 is 1.53 bits per heavy atom. The van der Waals surface area contributed by atoms with Crippen molar-refractivity contribution in [3.63, 3.8) is 0 Å². The second-order valence-corrected chi connectivity index (χ2v) is 7.80. The van der Waals surface area contributed by atoms with Gasteiger partial charge in [-0.05, 0) is 28.8 Å². The molecule has 0 saturated carbocycles. The van der Waals surface area contributed by atoms with E-state index in [1.807, 2.05) is 10.6 Å². The predicted octanol–water partition coefficient (Wildman–Crippen LogP) is 1.48. The molecule has 3 rings (SSSR count). The van der Waals surface area contributed by atoms with Crippen LogP contribution in [0.5, 0.6) is 0 Å². The minimum Gasteiger partial charge on any atom is -0.366 e. The summed E-state index contributed by atoms with van der Waals surface area (Å²) in [5.74, 6) is 0.894. The van der Waals surface area contributed by atoms with Gasteiger partial charge in [0.25, 0.3) is 0 Å². The number of fused-ring (bicyclic) bond motifs is 1. The van der Waals surface area contributed by atoms with Gasteiger partial charge in [-0.2, -0.15) is 0 Å². The maximum Gasteiger partial charge on any atom is 0.180 e. The Hall–Kier alpha value is -1.15. The third kappa shape index (κ3) is 2.46. The molecule has 1 unspecified atom stereocenters. The van der Waals surface area contributed by atoms with Crippen molar-refractivity contribution in [1.29, 1.82) is 0 Å². The van der Waals surface area contributed by atoms with E-state index in [9.17, 15) is 8.42 Å². The van der Waals surface area contributed by atoms with Gasteiger partial charge in [-0.1, -0.05) is 0 Å². The van der Waals surface area contributed by atoms with Crippen molar-refractivity contribution >= 4 is 37.2 Å². The number of sulfone groups is 1. The third-order valence-corrected chi connectivity index (χ3v) is 5.96. The van der Waals surface area contributed by atoms with Gasteiger partial charge in [0.05, 0.1) is 11.0 Å². The highest BCUT2D eigenvalue weighted by atomic mass is 79.9. The van der Waals surface area contributed by atoms with E-state index < -0.39 is 9.84 Å². The monoisotopic (exact) mass is 344 g/mol. The number of nitrogens with zero attached hydrogens (tertiary/aromatic N) is 3. The molecule has 1 saturated heterocycles. The molecular formula is C11H13BrN4O2S. The summed E-state index contributed by atoms with van der Waals surface area (Å²) in [6.45, 7) is 0.383. The number of aromatic nitrogens is 3. The first-order valence-electron chi connectivity index (χ1n) is 6.01. The van der Waals surface area contributed by atoms with Crippen LogP contribution in [0.1, 0.15) is 12.8 Å². The summed E-state index contributed by atoms with van der Waals surface area (Å²) >= 11 is 3.33. The van der Waals surface area contributed by atoms with Crippen LogP contribution < -0.4 is 5.32 Å². The van der Waals surface area contributed by atoms with Crippen LogP contribution >= 0.6 is 15.9 Å². The average molecular weight is 345 g/mol. The molecule has 0 amide bonds. The van der Waals surface area contributed by atoms with Gasteiger partial charge < -0.3 is 9.72 Å². The highest BCUT2D eigenvalue weighted by molar-refractivity contribution is 9.10. The normalized spacial score (nSPS) is 21.8. The highest BCUT2D eigenvalue weighted by Crippen LogP contribution is 2.22. The molecule has 1 atom stereocenters. The van der Waals surface area contributed by atoms with Crippen molar-refractivity contribution < 1.29 is 8.42 Å². The number of imidazole rings is 1. The minimum atomic E-state index is -2.94. The average Bonchev–Trinajstić information content (AvgIpc) is 2.92. The van der Waals surface area contributed by atoms with E-state index in [4.69, 9.17) is 0 Å². The number of hydrogen-bond donors (Lipinski definition) is 1. The van der Waals surface area contributed by atoms with Crippen LogP contribution in [0.25, 0.3) is 5.65 Å². The zero-order valence-corrected chi connectivity index (χ0v) is 12.5. The van der Waals surface area contributed by atoms with Crippen molar-refractivity contribution in [2.75, 3.05) is 17.6 Å². The molecule has 1 aliphatic heterocycles. The SMILES string of the molecule is O=S1(=O)CCCC1CNc1nc(Br)cn2ccnc12. The lowest BCUT2D eigenvalue weighted by Gasteiger charge is -2.12. The van der Waals surface area contributed by atoms with E-state index in [1.54, 1.807) is 12.4 Å². The number of hydrogen-bond acceptors (Lipinski definition) is 5. The number of halogens is 1. The highest BCUT2D eigenvalue weighted by Gasteiger charge is 2.31. The molecule has 0 aliphatic carbocycles. The Bertz CT molecular complexity index is 713. The third-order valence-electron chi connectivity index (χ3n) is 3.30. The van der Waals surface area contributed by atoms with Crippen LogP contribution in [-0.2, 0) is 9.84 Å². The molecule has 0 aromatic carbocycles. The molecule has 19 heavy (non-hydrogen) atoms. The van der Waals surface area contributed by atoms with Gasteiger partial charge in [0.15, 0.2) is 21.3 Å². The molecule has 102 valence electrons. The second-order valence-electron chi connectivity index (χ2n) is 4.58. The molecule has 3 heterocycles. The van der Waals surface area contributed by atoms with Crippen molar-refractivity contribution in [3.05, 3.63) is 23.2 Å². The van der Waals surface area contributed by atoms with Crippen LogP contribution in [-0.4, -0.2) is 40.3 Å². The maximum atomic E-state index is 11.8. The van der Waals surface area contributed by atoms with E-state index in [0.29, 0.717) is 34.8 Å². The lowest BCUT2D eigenvalue weighted by atomic mass is 10.2. The summed E-state index contributed by atoms with van der Waals surface area (Å²) in [5, 5.41) is 2.79. The first kappa shape index (κ1) is 12.9. The Morgan fingerprint density at radius 3 is 3.11 bits per heavy atom. The van der Waals surface area contributed by atoms with E-state index in [-0.39, 0.29) is 5.25 Å². The fraction of sp³-hybridized carbons (Fsp3) is 0.455. The molecule has 0 radical (unpaired) electrons. The number of nitrogens with one attached hydrogen (secondary N) is 1. The standard InChI is InChI=1S/C11H13BrN4O2S/c12-9-7-16-4-3-13-11(16)10(15-9)14-6-8-2-1-5-19(8,17)18/h3-4,7-8H,1-2,5-6H2,(H,14,15). The van der Waals surface area contributed by atoms with Crippen molar-refractivity contribution in [3.8, 4) is 0 Å². The first-order chi connectivity index (χ1) is 9.06. The van der Waals surface area contributed by atoms with Gasteiger partial charge in [-0.3, -0.25) is 0 Å². The van der Waals surface area contributed by atoms with Crippen LogP contribution in [0.15, 0.2) is 23.2 Å². The van der Waals surface area contributed by atoms with Gasteiger partial charge in [0.1, 0.15) is 4.60 Å². The first-order valence-corrected chi connectivity index (χ1v) is 8.52. The van der Waals surface area contributed by atoms with Crippen LogP contribution in [0, 0.1) is 0 Å². The molecule has 1 N–H and O–H groups in total. The van der Waals surface area contributed by atoms with E-state index >= 15 is 0 Å². The lowest BCUT2D eigenvalue weighted by Crippen LogP contribution is -2.25. The van der Waals surface area contributed by atoms with Gasteiger partial charge in [0.2, 0.25) is 0 Å². The van der Waals surface area contributed by atoms with Crippen LogP contribution in [0.3, 0.4) is 0 Å².